The zero-order chi connectivity index (χ0) is 13.6. The first-order valence-corrected chi connectivity index (χ1v) is 8.01. The molecule has 102 valence electrons. The van der Waals surface area contributed by atoms with E-state index in [4.69, 9.17) is 0 Å². The predicted molar refractivity (Wildman–Crippen MR) is 85.3 cm³/mol. The lowest BCUT2D eigenvalue weighted by molar-refractivity contribution is 1.05. The molecule has 3 aromatic rings. The Labute approximate surface area is 125 Å². The van der Waals surface area contributed by atoms with Crippen LogP contribution in [0.2, 0.25) is 0 Å². The maximum Gasteiger partial charge on any atom is 0.224 e. The van der Waals surface area contributed by atoms with Gasteiger partial charge in [0, 0.05) is 16.0 Å². The fourth-order valence-corrected chi connectivity index (χ4v) is 3.00. The highest BCUT2D eigenvalue weighted by atomic mass is 32.1. The topological polar surface area (TPSA) is 49.8 Å². The van der Waals surface area contributed by atoms with Crippen molar-refractivity contribution in [3.05, 3.63) is 57.0 Å². The number of nitrogens with one attached hydrogen (secondary N) is 2. The monoisotopic (exact) mass is 302 g/mol. The standard InChI is InChI=1S/C14H14N4S2/c1-3-11(19-7-1)9-16-13-5-6-15-14(18-13)17-10-12-4-2-8-20-12/h1-8H,9-10H2,(H2,15,16,17,18). The fraction of sp³-hybridized carbons (Fsp3) is 0.143. The Hall–Kier alpha value is -1.92. The third-order valence-electron chi connectivity index (χ3n) is 2.68. The molecule has 4 nitrogen and oxygen atoms in total. The van der Waals surface area contributed by atoms with Crippen LogP contribution in [0.5, 0.6) is 0 Å². The molecule has 0 aliphatic carbocycles. The number of hydrogen-bond acceptors (Lipinski definition) is 6. The minimum absolute atomic E-state index is 0.648. The van der Waals surface area contributed by atoms with Gasteiger partial charge >= 0.3 is 0 Å². The second-order valence-electron chi connectivity index (χ2n) is 4.13. The zero-order valence-corrected chi connectivity index (χ0v) is 12.4. The Balaban J connectivity index is 1.57. The summed E-state index contributed by atoms with van der Waals surface area (Å²) in [5, 5.41) is 10.7. The summed E-state index contributed by atoms with van der Waals surface area (Å²) in [5.41, 5.74) is 0. The maximum atomic E-state index is 4.45. The number of aromatic nitrogens is 2. The summed E-state index contributed by atoms with van der Waals surface area (Å²) in [6.45, 7) is 1.55. The molecule has 2 N–H and O–H groups in total. The van der Waals surface area contributed by atoms with Crippen LogP contribution in [0.15, 0.2) is 47.3 Å². The molecule has 3 rings (SSSR count). The van der Waals surface area contributed by atoms with Crippen molar-refractivity contribution in [2.45, 2.75) is 13.1 Å². The van der Waals surface area contributed by atoms with E-state index in [1.165, 1.54) is 9.75 Å². The summed E-state index contributed by atoms with van der Waals surface area (Å²) >= 11 is 3.46. The second-order valence-corrected chi connectivity index (χ2v) is 6.20. The predicted octanol–water partition coefficient (Wildman–Crippen LogP) is 3.82. The van der Waals surface area contributed by atoms with E-state index >= 15 is 0 Å². The van der Waals surface area contributed by atoms with Crippen molar-refractivity contribution in [3.63, 3.8) is 0 Å². The lowest BCUT2D eigenvalue weighted by Crippen LogP contribution is -2.05. The number of anilines is 2. The molecule has 0 atom stereocenters. The summed E-state index contributed by atoms with van der Waals surface area (Å²) in [6.07, 6.45) is 1.76. The van der Waals surface area contributed by atoms with Crippen LogP contribution in [-0.2, 0) is 13.1 Å². The molecule has 0 radical (unpaired) electrons. The van der Waals surface area contributed by atoms with Crippen molar-refractivity contribution in [2.75, 3.05) is 10.6 Å². The molecule has 0 aliphatic rings. The molecule has 0 saturated carbocycles. The summed E-state index contributed by atoms with van der Waals surface area (Å²) in [6, 6.07) is 10.2. The first kappa shape index (κ1) is 13.1. The van der Waals surface area contributed by atoms with Crippen molar-refractivity contribution >= 4 is 34.4 Å². The maximum absolute atomic E-state index is 4.45. The van der Waals surface area contributed by atoms with E-state index in [1.807, 2.05) is 12.1 Å². The number of hydrogen-bond donors (Lipinski definition) is 2. The van der Waals surface area contributed by atoms with Gasteiger partial charge in [-0.05, 0) is 29.0 Å². The Morgan fingerprint density at radius 2 is 1.60 bits per heavy atom. The van der Waals surface area contributed by atoms with E-state index in [-0.39, 0.29) is 0 Å². The second kappa shape index (κ2) is 6.49. The van der Waals surface area contributed by atoms with Gasteiger partial charge in [0.05, 0.1) is 13.1 Å². The lowest BCUT2D eigenvalue weighted by Gasteiger charge is -2.07. The third kappa shape index (κ3) is 3.55. The Bertz CT molecular complexity index is 582. The van der Waals surface area contributed by atoms with Gasteiger partial charge in [-0.3, -0.25) is 0 Å². The van der Waals surface area contributed by atoms with Crippen molar-refractivity contribution in [3.8, 4) is 0 Å². The highest BCUT2D eigenvalue weighted by Crippen LogP contribution is 2.13. The van der Waals surface area contributed by atoms with E-state index in [0.29, 0.717) is 5.95 Å². The molecule has 3 aromatic heterocycles. The average Bonchev–Trinajstić information content (AvgIpc) is 3.17. The van der Waals surface area contributed by atoms with Crippen LogP contribution < -0.4 is 10.6 Å². The van der Waals surface area contributed by atoms with Gasteiger partial charge in [0.2, 0.25) is 5.95 Å². The van der Waals surface area contributed by atoms with Gasteiger partial charge in [-0.2, -0.15) is 4.98 Å². The Morgan fingerprint density at radius 3 is 2.25 bits per heavy atom. The van der Waals surface area contributed by atoms with Crippen LogP contribution in [-0.4, -0.2) is 9.97 Å². The van der Waals surface area contributed by atoms with Gasteiger partial charge in [0.1, 0.15) is 5.82 Å². The van der Waals surface area contributed by atoms with E-state index in [0.717, 1.165) is 18.9 Å². The fourth-order valence-electron chi connectivity index (χ4n) is 1.71. The summed E-state index contributed by atoms with van der Waals surface area (Å²) < 4.78 is 0. The van der Waals surface area contributed by atoms with Crippen LogP contribution in [0.4, 0.5) is 11.8 Å². The van der Waals surface area contributed by atoms with Crippen LogP contribution in [0.25, 0.3) is 0 Å². The average molecular weight is 302 g/mol. The molecular formula is C14H14N4S2. The SMILES string of the molecule is c1csc(CNc2ccnc(NCc3cccs3)n2)c1. The van der Waals surface area contributed by atoms with Crippen molar-refractivity contribution in [1.29, 1.82) is 0 Å². The van der Waals surface area contributed by atoms with E-state index in [1.54, 1.807) is 28.9 Å². The van der Waals surface area contributed by atoms with Gasteiger partial charge in [0.15, 0.2) is 0 Å². The molecule has 0 amide bonds. The smallest absolute Gasteiger partial charge is 0.224 e. The van der Waals surface area contributed by atoms with Crippen LogP contribution in [0.3, 0.4) is 0 Å². The Morgan fingerprint density at radius 1 is 0.900 bits per heavy atom. The first-order chi connectivity index (χ1) is 9.90. The summed E-state index contributed by atoms with van der Waals surface area (Å²) in [7, 11) is 0. The largest absolute Gasteiger partial charge is 0.365 e. The molecular weight excluding hydrogens is 288 g/mol. The van der Waals surface area contributed by atoms with Gasteiger partial charge in [-0.15, -0.1) is 22.7 Å². The molecule has 3 heterocycles. The zero-order valence-electron chi connectivity index (χ0n) is 10.7. The van der Waals surface area contributed by atoms with Gasteiger partial charge < -0.3 is 10.6 Å². The molecule has 0 aromatic carbocycles. The molecule has 0 aliphatic heterocycles. The number of nitrogens with zero attached hydrogens (tertiary/aromatic N) is 2. The van der Waals surface area contributed by atoms with Crippen molar-refractivity contribution in [1.82, 2.24) is 9.97 Å². The molecule has 0 fully saturated rings. The summed E-state index contributed by atoms with van der Waals surface area (Å²) in [4.78, 5) is 11.2. The quantitative estimate of drug-likeness (QED) is 0.726. The highest BCUT2D eigenvalue weighted by molar-refractivity contribution is 7.10. The van der Waals surface area contributed by atoms with E-state index in [2.05, 4.69) is 49.6 Å². The number of rotatable bonds is 6. The molecule has 0 unspecified atom stereocenters. The van der Waals surface area contributed by atoms with Gasteiger partial charge in [-0.1, -0.05) is 12.1 Å². The van der Waals surface area contributed by atoms with Gasteiger partial charge in [-0.25, -0.2) is 4.98 Å². The first-order valence-electron chi connectivity index (χ1n) is 6.26. The normalized spacial score (nSPS) is 10.4. The molecule has 0 bridgehead atoms. The van der Waals surface area contributed by atoms with Crippen molar-refractivity contribution < 1.29 is 0 Å². The molecule has 0 saturated heterocycles. The lowest BCUT2D eigenvalue weighted by atomic mass is 10.4. The van der Waals surface area contributed by atoms with Crippen molar-refractivity contribution in [2.24, 2.45) is 0 Å². The van der Waals surface area contributed by atoms with Gasteiger partial charge in [0.25, 0.3) is 0 Å². The number of thiophene rings is 2. The van der Waals surface area contributed by atoms with Crippen LogP contribution in [0, 0.1) is 0 Å². The third-order valence-corrected chi connectivity index (χ3v) is 4.43. The minimum atomic E-state index is 0.648. The molecule has 20 heavy (non-hydrogen) atoms. The van der Waals surface area contributed by atoms with E-state index in [9.17, 15) is 0 Å². The summed E-state index contributed by atoms with van der Waals surface area (Å²) in [5.74, 6) is 1.48. The molecule has 0 spiro atoms. The molecule has 6 heteroatoms. The minimum Gasteiger partial charge on any atom is -0.365 e. The van der Waals surface area contributed by atoms with Crippen LogP contribution in [0.1, 0.15) is 9.75 Å². The Kier molecular flexibility index (Phi) is 4.25. The highest BCUT2D eigenvalue weighted by Gasteiger charge is 2.00. The van der Waals surface area contributed by atoms with Crippen LogP contribution >= 0.6 is 22.7 Å². The van der Waals surface area contributed by atoms with E-state index < -0.39 is 0 Å².